The Kier molecular flexibility index (Phi) is 7.96. The summed E-state index contributed by atoms with van der Waals surface area (Å²) < 4.78 is 4.69. The number of aromatic nitrogens is 4. The first kappa shape index (κ1) is 35.7. The van der Waals surface area contributed by atoms with Crippen LogP contribution in [0.15, 0.2) is 218 Å². The zero-order chi connectivity index (χ0) is 41.5. The van der Waals surface area contributed by atoms with Crippen LogP contribution in [0.25, 0.3) is 93.0 Å². The molecule has 5 heteroatoms. The third-order valence-electron chi connectivity index (χ3n) is 13.0. The number of hydrogen-bond donors (Lipinski definition) is 0. The highest BCUT2D eigenvalue weighted by molar-refractivity contribution is 7.26. The largest absolute Gasteiger partial charge is 0.278 e. The highest BCUT2D eigenvalue weighted by Gasteiger charge is 2.46. The standard InChI is InChI=1S/C58H36N4S/c1-4-17-37(18-5-1)39-31-33-44-45-34-32-41(58(40-21-8-3-9-22-40)49-28-13-10-23-42(49)43-24-11-14-29-50(43)58)36-52(45)62(51(44)35-39)57-60-55(38-19-6-2-7-20-38)59-56(61-57)48-27-16-26-47-46-25-12-15-30-53(46)63-54(47)48/h1-36H. The molecule has 12 aromatic rings. The number of benzene rings is 9. The smallest absolute Gasteiger partial charge is 0.238 e. The maximum atomic E-state index is 5.52. The van der Waals surface area contributed by atoms with Crippen LogP contribution in [0.4, 0.5) is 0 Å². The number of fused-ring (bicyclic) bond motifs is 9. The predicted molar refractivity (Wildman–Crippen MR) is 261 cm³/mol. The summed E-state index contributed by atoms with van der Waals surface area (Å²) in [6.45, 7) is 0. The third kappa shape index (κ3) is 5.37. The van der Waals surface area contributed by atoms with Crippen LogP contribution < -0.4 is 0 Å². The normalized spacial score (nSPS) is 12.9. The second-order valence-electron chi connectivity index (χ2n) is 16.3. The minimum atomic E-state index is -0.574. The highest BCUT2D eigenvalue weighted by Crippen LogP contribution is 2.56. The zero-order valence-corrected chi connectivity index (χ0v) is 34.8. The van der Waals surface area contributed by atoms with Gasteiger partial charge in [0.2, 0.25) is 5.95 Å². The quantitative estimate of drug-likeness (QED) is 0.168. The van der Waals surface area contributed by atoms with Gasteiger partial charge in [-0.2, -0.15) is 9.97 Å². The van der Waals surface area contributed by atoms with E-state index in [1.54, 1.807) is 11.3 Å². The Bertz CT molecular complexity index is 3690. The van der Waals surface area contributed by atoms with Crippen LogP contribution >= 0.6 is 11.3 Å². The van der Waals surface area contributed by atoms with Crippen molar-refractivity contribution < 1.29 is 0 Å². The van der Waals surface area contributed by atoms with Crippen LogP contribution in [-0.4, -0.2) is 19.5 Å². The summed E-state index contributed by atoms with van der Waals surface area (Å²) in [6, 6.07) is 78.7. The summed E-state index contributed by atoms with van der Waals surface area (Å²) in [7, 11) is 0. The van der Waals surface area contributed by atoms with Crippen molar-refractivity contribution in [2.75, 3.05) is 0 Å². The van der Waals surface area contributed by atoms with Gasteiger partial charge in [-0.3, -0.25) is 4.57 Å². The Hall–Kier alpha value is -7.99. The summed E-state index contributed by atoms with van der Waals surface area (Å²) in [6.07, 6.45) is 0. The molecule has 0 bridgehead atoms. The average molecular weight is 821 g/mol. The molecule has 0 spiro atoms. The molecular formula is C58H36N4S. The van der Waals surface area contributed by atoms with Gasteiger partial charge in [0.1, 0.15) is 0 Å². The molecule has 0 saturated heterocycles. The molecule has 0 fully saturated rings. The summed E-state index contributed by atoms with van der Waals surface area (Å²) >= 11 is 1.79. The Morgan fingerprint density at radius 1 is 0.365 bits per heavy atom. The van der Waals surface area contributed by atoms with Gasteiger partial charge in [-0.1, -0.05) is 194 Å². The molecule has 0 unspecified atom stereocenters. The molecule has 0 amide bonds. The van der Waals surface area contributed by atoms with E-state index >= 15 is 0 Å². The second-order valence-corrected chi connectivity index (χ2v) is 17.4. The van der Waals surface area contributed by atoms with Crippen molar-refractivity contribution in [1.82, 2.24) is 19.5 Å². The Balaban J connectivity index is 1.15. The van der Waals surface area contributed by atoms with E-state index < -0.39 is 5.41 Å². The van der Waals surface area contributed by atoms with E-state index in [2.05, 4.69) is 205 Å². The SMILES string of the molecule is c1ccc(-c2ccc3c4ccc(C5(c6ccccc6)c6ccccc6-c6ccccc65)cc4n(-c4nc(-c5ccccc5)nc(-c5cccc6c5sc5ccccc56)n4)c3c2)cc1. The molecule has 1 aliphatic rings. The van der Waals surface area contributed by atoms with Crippen LogP contribution in [-0.2, 0) is 5.41 Å². The lowest BCUT2D eigenvalue weighted by Crippen LogP contribution is -2.28. The van der Waals surface area contributed by atoms with Gasteiger partial charge in [-0.05, 0) is 68.8 Å². The molecule has 0 radical (unpaired) electrons. The van der Waals surface area contributed by atoms with Crippen molar-refractivity contribution in [3.8, 4) is 51.0 Å². The van der Waals surface area contributed by atoms with Crippen molar-refractivity contribution in [3.05, 3.63) is 241 Å². The Morgan fingerprint density at radius 2 is 0.937 bits per heavy atom. The fourth-order valence-electron chi connectivity index (χ4n) is 10.2. The molecule has 4 nitrogen and oxygen atoms in total. The zero-order valence-electron chi connectivity index (χ0n) is 34.0. The first-order chi connectivity index (χ1) is 31.2. The van der Waals surface area contributed by atoms with Crippen LogP contribution in [0.5, 0.6) is 0 Å². The maximum Gasteiger partial charge on any atom is 0.238 e. The minimum absolute atomic E-state index is 0.570. The van der Waals surface area contributed by atoms with Crippen LogP contribution in [0.1, 0.15) is 22.3 Å². The van der Waals surface area contributed by atoms with Gasteiger partial charge in [-0.25, -0.2) is 4.98 Å². The van der Waals surface area contributed by atoms with Gasteiger partial charge >= 0.3 is 0 Å². The fraction of sp³-hybridized carbons (Fsp3) is 0.0172. The topological polar surface area (TPSA) is 43.6 Å². The van der Waals surface area contributed by atoms with E-state index in [1.165, 1.54) is 48.9 Å². The maximum absolute atomic E-state index is 5.52. The summed E-state index contributed by atoms with van der Waals surface area (Å²) in [5, 5.41) is 4.70. The monoisotopic (exact) mass is 820 g/mol. The number of rotatable bonds is 6. The van der Waals surface area contributed by atoms with Crippen LogP contribution in [0.3, 0.4) is 0 Å². The Labute approximate surface area is 368 Å². The van der Waals surface area contributed by atoms with Gasteiger partial charge in [0.25, 0.3) is 0 Å². The molecule has 13 rings (SSSR count). The summed E-state index contributed by atoms with van der Waals surface area (Å²) in [4.78, 5) is 16.2. The number of thiophene rings is 1. The number of hydrogen-bond acceptors (Lipinski definition) is 4. The molecule has 0 aliphatic heterocycles. The predicted octanol–water partition coefficient (Wildman–Crippen LogP) is 14.7. The van der Waals surface area contributed by atoms with Crippen molar-refractivity contribution in [3.63, 3.8) is 0 Å². The van der Waals surface area contributed by atoms with Crippen LogP contribution in [0.2, 0.25) is 0 Å². The summed E-state index contributed by atoms with van der Waals surface area (Å²) in [5.41, 5.74) is 13.1. The minimum Gasteiger partial charge on any atom is -0.278 e. The molecule has 3 heterocycles. The fourth-order valence-corrected chi connectivity index (χ4v) is 11.4. The molecule has 294 valence electrons. The molecular weight excluding hydrogens is 785 g/mol. The van der Waals surface area contributed by atoms with Gasteiger partial charge in [0.15, 0.2) is 11.6 Å². The molecule has 0 atom stereocenters. The van der Waals surface area contributed by atoms with Crippen molar-refractivity contribution >= 4 is 53.3 Å². The molecule has 0 N–H and O–H groups in total. The third-order valence-corrected chi connectivity index (χ3v) is 14.2. The van der Waals surface area contributed by atoms with E-state index in [9.17, 15) is 0 Å². The van der Waals surface area contributed by atoms with Crippen molar-refractivity contribution in [2.45, 2.75) is 5.41 Å². The lowest BCUT2D eigenvalue weighted by atomic mass is 9.67. The van der Waals surface area contributed by atoms with Crippen molar-refractivity contribution in [2.24, 2.45) is 0 Å². The van der Waals surface area contributed by atoms with Crippen LogP contribution in [0, 0.1) is 0 Å². The molecule has 3 aromatic heterocycles. The van der Waals surface area contributed by atoms with Gasteiger partial charge in [0, 0.05) is 42.1 Å². The van der Waals surface area contributed by atoms with Gasteiger partial charge < -0.3 is 0 Å². The van der Waals surface area contributed by atoms with E-state index in [1.807, 2.05) is 18.2 Å². The highest BCUT2D eigenvalue weighted by atomic mass is 32.1. The second kappa shape index (κ2) is 14.0. The lowest BCUT2D eigenvalue weighted by Gasteiger charge is -2.34. The first-order valence-corrected chi connectivity index (χ1v) is 22.2. The average Bonchev–Trinajstić information content (AvgIpc) is 4.01. The van der Waals surface area contributed by atoms with Gasteiger partial charge in [0.05, 0.1) is 16.4 Å². The van der Waals surface area contributed by atoms with E-state index in [4.69, 9.17) is 15.0 Å². The molecule has 0 saturated carbocycles. The summed E-state index contributed by atoms with van der Waals surface area (Å²) in [5.74, 6) is 1.83. The molecule has 63 heavy (non-hydrogen) atoms. The lowest BCUT2D eigenvalue weighted by molar-refractivity contribution is 0.769. The van der Waals surface area contributed by atoms with Gasteiger partial charge in [-0.15, -0.1) is 11.3 Å². The Morgan fingerprint density at radius 3 is 1.68 bits per heavy atom. The van der Waals surface area contributed by atoms with Crippen molar-refractivity contribution in [1.29, 1.82) is 0 Å². The van der Waals surface area contributed by atoms with E-state index in [-0.39, 0.29) is 0 Å². The number of nitrogens with zero attached hydrogens (tertiary/aromatic N) is 4. The first-order valence-electron chi connectivity index (χ1n) is 21.4. The molecule has 9 aromatic carbocycles. The van der Waals surface area contributed by atoms with E-state index in [0.717, 1.165) is 48.8 Å². The molecule has 1 aliphatic carbocycles. The van der Waals surface area contributed by atoms with E-state index in [0.29, 0.717) is 17.6 Å².